The van der Waals surface area contributed by atoms with Gasteiger partial charge in [-0.1, -0.05) is 15.9 Å². The first-order chi connectivity index (χ1) is 7.56. The Morgan fingerprint density at radius 3 is 2.25 bits per heavy atom. The molecule has 1 aliphatic rings. The van der Waals surface area contributed by atoms with Gasteiger partial charge in [0.15, 0.2) is 0 Å². The second kappa shape index (κ2) is 4.38. The summed E-state index contributed by atoms with van der Waals surface area (Å²) in [6, 6.07) is 4.37. The van der Waals surface area contributed by atoms with Crippen LogP contribution in [0.15, 0.2) is 16.6 Å². The van der Waals surface area contributed by atoms with Crippen molar-refractivity contribution >= 4 is 21.6 Å². The van der Waals surface area contributed by atoms with Gasteiger partial charge in [0.25, 0.3) is 0 Å². The molecule has 0 heterocycles. The van der Waals surface area contributed by atoms with E-state index in [-0.39, 0.29) is 5.54 Å². The van der Waals surface area contributed by atoms with Gasteiger partial charge in [0.05, 0.1) is 0 Å². The predicted molar refractivity (Wildman–Crippen MR) is 72.9 cm³/mol. The molecule has 1 aromatic carbocycles. The lowest BCUT2D eigenvalue weighted by Gasteiger charge is -2.42. The van der Waals surface area contributed by atoms with E-state index >= 15 is 0 Å². The van der Waals surface area contributed by atoms with Gasteiger partial charge in [-0.3, -0.25) is 0 Å². The fraction of sp³-hybridized carbons (Fsp3) is 0.538. The Morgan fingerprint density at radius 2 is 1.88 bits per heavy atom. The molecule has 0 aliphatic heterocycles. The lowest BCUT2D eigenvalue weighted by Crippen LogP contribution is -2.51. The zero-order chi connectivity index (χ0) is 11.8. The molecule has 0 atom stereocenters. The Balaban J connectivity index is 2.22. The van der Waals surface area contributed by atoms with E-state index in [2.05, 4.69) is 47.2 Å². The molecular formula is C13H19BrN2. The van der Waals surface area contributed by atoms with Crippen LogP contribution >= 0.6 is 15.9 Å². The molecule has 88 valence electrons. The third-order valence-electron chi connectivity index (χ3n) is 3.55. The molecule has 2 nitrogen and oxygen atoms in total. The summed E-state index contributed by atoms with van der Waals surface area (Å²) in [5, 5.41) is 3.60. The number of hydrogen-bond acceptors (Lipinski definition) is 2. The van der Waals surface area contributed by atoms with Gasteiger partial charge in [-0.05, 0) is 56.4 Å². The molecule has 3 heteroatoms. The third-order valence-corrected chi connectivity index (χ3v) is 4.80. The average Bonchev–Trinajstić information content (AvgIpc) is 2.20. The Hall–Kier alpha value is -0.540. The second-order valence-corrected chi connectivity index (χ2v) is 5.68. The van der Waals surface area contributed by atoms with Gasteiger partial charge < -0.3 is 11.1 Å². The van der Waals surface area contributed by atoms with Gasteiger partial charge in [-0.15, -0.1) is 0 Å². The molecule has 16 heavy (non-hydrogen) atoms. The molecule has 0 aromatic heterocycles. The number of rotatable bonds is 3. The Morgan fingerprint density at radius 1 is 1.31 bits per heavy atom. The highest BCUT2D eigenvalue weighted by atomic mass is 79.9. The minimum absolute atomic E-state index is 0.159. The van der Waals surface area contributed by atoms with Gasteiger partial charge in [0, 0.05) is 22.2 Å². The lowest BCUT2D eigenvalue weighted by molar-refractivity contribution is 0.287. The zero-order valence-corrected chi connectivity index (χ0v) is 11.5. The molecule has 2 rings (SSSR count). The highest BCUT2D eigenvalue weighted by Crippen LogP contribution is 2.35. The minimum atomic E-state index is 0.159. The van der Waals surface area contributed by atoms with Crippen molar-refractivity contribution in [3.63, 3.8) is 0 Å². The minimum Gasteiger partial charge on any atom is -0.378 e. The molecule has 0 radical (unpaired) electrons. The van der Waals surface area contributed by atoms with Crippen LogP contribution < -0.4 is 11.1 Å². The number of halogens is 1. The van der Waals surface area contributed by atoms with Crippen molar-refractivity contribution in [1.29, 1.82) is 0 Å². The molecule has 3 N–H and O–H groups in total. The summed E-state index contributed by atoms with van der Waals surface area (Å²) in [5.41, 5.74) is 9.75. The Labute approximate surface area is 106 Å². The van der Waals surface area contributed by atoms with Gasteiger partial charge in [-0.2, -0.15) is 0 Å². The van der Waals surface area contributed by atoms with Gasteiger partial charge >= 0.3 is 0 Å². The van der Waals surface area contributed by atoms with Crippen molar-refractivity contribution in [3.8, 4) is 0 Å². The van der Waals surface area contributed by atoms with Crippen molar-refractivity contribution in [3.05, 3.63) is 27.7 Å². The molecule has 1 aromatic rings. The summed E-state index contributed by atoms with van der Waals surface area (Å²) in [5.74, 6) is 0. The van der Waals surface area contributed by atoms with E-state index in [9.17, 15) is 0 Å². The predicted octanol–water partition coefficient (Wildman–Crippen LogP) is 3.36. The van der Waals surface area contributed by atoms with E-state index in [0.717, 1.165) is 6.54 Å². The SMILES string of the molecule is Cc1cc(NC2(CN)CCC2)cc(C)c1Br. The van der Waals surface area contributed by atoms with Crippen molar-refractivity contribution in [1.82, 2.24) is 0 Å². The number of nitrogens with two attached hydrogens (primary N) is 1. The molecule has 0 bridgehead atoms. The Kier molecular flexibility index (Phi) is 3.27. The summed E-state index contributed by atoms with van der Waals surface area (Å²) in [4.78, 5) is 0. The number of anilines is 1. The third kappa shape index (κ3) is 2.11. The average molecular weight is 283 g/mol. The summed E-state index contributed by atoms with van der Waals surface area (Å²) in [7, 11) is 0. The summed E-state index contributed by atoms with van der Waals surface area (Å²) >= 11 is 3.59. The monoisotopic (exact) mass is 282 g/mol. The van der Waals surface area contributed by atoms with Crippen LogP contribution in [0, 0.1) is 13.8 Å². The lowest BCUT2D eigenvalue weighted by atomic mass is 9.76. The van der Waals surface area contributed by atoms with Crippen LogP contribution in [0.4, 0.5) is 5.69 Å². The largest absolute Gasteiger partial charge is 0.378 e. The zero-order valence-electron chi connectivity index (χ0n) is 9.94. The molecule has 0 spiro atoms. The molecule has 1 saturated carbocycles. The van der Waals surface area contributed by atoms with Crippen LogP contribution in [0.2, 0.25) is 0 Å². The van der Waals surface area contributed by atoms with Gasteiger partial charge in [0.2, 0.25) is 0 Å². The van der Waals surface area contributed by atoms with E-state index in [1.54, 1.807) is 0 Å². The standard InChI is InChI=1S/C13H19BrN2/c1-9-6-11(7-10(2)12(9)14)16-13(8-15)4-3-5-13/h6-7,16H,3-5,8,15H2,1-2H3. The maximum Gasteiger partial charge on any atom is 0.0495 e. The molecule has 0 amide bonds. The van der Waals surface area contributed by atoms with E-state index in [1.807, 2.05) is 0 Å². The van der Waals surface area contributed by atoms with Gasteiger partial charge in [-0.25, -0.2) is 0 Å². The highest BCUT2D eigenvalue weighted by molar-refractivity contribution is 9.10. The van der Waals surface area contributed by atoms with E-state index in [1.165, 1.54) is 40.5 Å². The molecule has 0 saturated heterocycles. The first-order valence-electron chi connectivity index (χ1n) is 5.81. The summed E-state index contributed by atoms with van der Waals surface area (Å²) < 4.78 is 1.20. The number of nitrogens with one attached hydrogen (secondary N) is 1. The first-order valence-corrected chi connectivity index (χ1v) is 6.61. The molecule has 0 unspecified atom stereocenters. The summed E-state index contributed by atoms with van der Waals surface area (Å²) in [6.07, 6.45) is 3.67. The number of hydrogen-bond donors (Lipinski definition) is 2. The number of aryl methyl sites for hydroxylation is 2. The second-order valence-electron chi connectivity index (χ2n) is 4.89. The van der Waals surface area contributed by atoms with Crippen LogP contribution in [-0.2, 0) is 0 Å². The fourth-order valence-corrected chi connectivity index (χ4v) is 2.54. The van der Waals surface area contributed by atoms with E-state index in [0.29, 0.717) is 0 Å². The quantitative estimate of drug-likeness (QED) is 0.892. The normalized spacial score (nSPS) is 18.0. The summed E-state index contributed by atoms with van der Waals surface area (Å²) in [6.45, 7) is 4.97. The molecule has 1 fully saturated rings. The van der Waals surface area contributed by atoms with E-state index in [4.69, 9.17) is 5.73 Å². The van der Waals surface area contributed by atoms with Crippen molar-refractivity contribution in [2.24, 2.45) is 5.73 Å². The van der Waals surface area contributed by atoms with Crippen LogP contribution in [0.3, 0.4) is 0 Å². The topological polar surface area (TPSA) is 38.0 Å². The smallest absolute Gasteiger partial charge is 0.0495 e. The van der Waals surface area contributed by atoms with Crippen LogP contribution in [0.1, 0.15) is 30.4 Å². The van der Waals surface area contributed by atoms with Crippen LogP contribution in [0.25, 0.3) is 0 Å². The maximum atomic E-state index is 5.85. The van der Waals surface area contributed by atoms with Crippen LogP contribution in [-0.4, -0.2) is 12.1 Å². The van der Waals surface area contributed by atoms with Crippen LogP contribution in [0.5, 0.6) is 0 Å². The van der Waals surface area contributed by atoms with Crippen molar-refractivity contribution < 1.29 is 0 Å². The Bertz CT molecular complexity index is 368. The fourth-order valence-electron chi connectivity index (χ4n) is 2.31. The van der Waals surface area contributed by atoms with Crippen molar-refractivity contribution in [2.75, 3.05) is 11.9 Å². The molecular weight excluding hydrogens is 264 g/mol. The first kappa shape index (κ1) is 11.9. The van der Waals surface area contributed by atoms with Crippen molar-refractivity contribution in [2.45, 2.75) is 38.6 Å². The maximum absolute atomic E-state index is 5.85. The highest BCUT2D eigenvalue weighted by Gasteiger charge is 2.35. The molecule has 1 aliphatic carbocycles. The van der Waals surface area contributed by atoms with Gasteiger partial charge in [0.1, 0.15) is 0 Å². The van der Waals surface area contributed by atoms with E-state index < -0.39 is 0 Å². The number of benzene rings is 1.